The fraction of sp³-hybridized carbons (Fsp3) is 0.241. The molecule has 0 spiro atoms. The Morgan fingerprint density at radius 2 is 1.74 bits per heavy atom. The molecule has 0 saturated heterocycles. The summed E-state index contributed by atoms with van der Waals surface area (Å²) in [6, 6.07) is 23.1. The molecule has 0 fully saturated rings. The van der Waals surface area contributed by atoms with Crippen LogP contribution in [0, 0.1) is 0 Å². The van der Waals surface area contributed by atoms with Gasteiger partial charge >= 0.3 is 0 Å². The van der Waals surface area contributed by atoms with Crippen LogP contribution < -0.4 is 15.6 Å². The Bertz CT molecular complexity index is 1430. The predicted octanol–water partition coefficient (Wildman–Crippen LogP) is 4.18. The van der Waals surface area contributed by atoms with Gasteiger partial charge in [-0.1, -0.05) is 48.5 Å². The molecule has 0 saturated carbocycles. The van der Waals surface area contributed by atoms with Gasteiger partial charge in [0.1, 0.15) is 5.75 Å². The van der Waals surface area contributed by atoms with Crippen molar-refractivity contribution in [1.82, 2.24) is 14.8 Å². The van der Waals surface area contributed by atoms with Crippen LogP contribution in [0.1, 0.15) is 27.9 Å². The highest BCUT2D eigenvalue weighted by Crippen LogP contribution is 2.21. The van der Waals surface area contributed by atoms with Crippen molar-refractivity contribution >= 4 is 16.7 Å². The number of ether oxygens (including phenoxy) is 1. The van der Waals surface area contributed by atoms with E-state index in [1.165, 1.54) is 15.7 Å². The minimum atomic E-state index is -0.179. The van der Waals surface area contributed by atoms with Crippen molar-refractivity contribution in [3.05, 3.63) is 106 Å². The average molecular weight is 468 g/mol. The van der Waals surface area contributed by atoms with Crippen LogP contribution >= 0.6 is 0 Å². The molecule has 0 atom stereocenters. The Morgan fingerprint density at radius 1 is 0.971 bits per heavy atom. The standard InChI is InChI=1S/C29H29N3O3/c1-35-24-11-6-10-23(18-24)32-20-27(25-12-4-5-13-26(25)29(32)34)28(33)30-15-7-16-31-17-14-21-8-2-3-9-22(21)19-31/h2-6,8-13,18,20H,7,14-17,19H2,1H3,(H,30,33). The van der Waals surface area contributed by atoms with Crippen molar-refractivity contribution in [3.8, 4) is 11.4 Å². The van der Waals surface area contributed by atoms with Crippen molar-refractivity contribution in [2.45, 2.75) is 19.4 Å². The minimum absolute atomic E-state index is 0.171. The molecule has 35 heavy (non-hydrogen) atoms. The first-order chi connectivity index (χ1) is 17.1. The Labute approximate surface area is 204 Å². The summed E-state index contributed by atoms with van der Waals surface area (Å²) < 4.78 is 6.84. The molecule has 6 heteroatoms. The monoisotopic (exact) mass is 467 g/mol. The molecule has 0 bridgehead atoms. The van der Waals surface area contributed by atoms with Gasteiger partial charge in [-0.05, 0) is 42.2 Å². The van der Waals surface area contributed by atoms with Gasteiger partial charge < -0.3 is 10.1 Å². The Balaban J connectivity index is 1.31. The third-order valence-electron chi connectivity index (χ3n) is 6.65. The fourth-order valence-electron chi connectivity index (χ4n) is 4.77. The predicted molar refractivity (Wildman–Crippen MR) is 138 cm³/mol. The van der Waals surface area contributed by atoms with Crippen LogP contribution in [-0.4, -0.2) is 42.1 Å². The van der Waals surface area contributed by atoms with Gasteiger partial charge in [0.15, 0.2) is 0 Å². The number of rotatable bonds is 7. The van der Waals surface area contributed by atoms with E-state index in [2.05, 4.69) is 34.5 Å². The highest BCUT2D eigenvalue weighted by atomic mass is 16.5. The molecule has 0 aliphatic carbocycles. The van der Waals surface area contributed by atoms with E-state index >= 15 is 0 Å². The maximum Gasteiger partial charge on any atom is 0.262 e. The number of benzene rings is 3. The van der Waals surface area contributed by atoms with Gasteiger partial charge in [-0.2, -0.15) is 0 Å². The number of carbonyl (C=O) groups is 1. The third-order valence-corrected chi connectivity index (χ3v) is 6.65. The van der Waals surface area contributed by atoms with Crippen LogP contribution in [0.15, 0.2) is 83.8 Å². The molecular formula is C29H29N3O3. The quantitative estimate of drug-likeness (QED) is 0.414. The molecular weight excluding hydrogens is 438 g/mol. The minimum Gasteiger partial charge on any atom is -0.497 e. The summed E-state index contributed by atoms with van der Waals surface area (Å²) in [5, 5.41) is 4.23. The van der Waals surface area contributed by atoms with Crippen molar-refractivity contribution in [2.75, 3.05) is 26.7 Å². The second-order valence-electron chi connectivity index (χ2n) is 8.87. The topological polar surface area (TPSA) is 63.6 Å². The van der Waals surface area contributed by atoms with Gasteiger partial charge in [0.05, 0.1) is 18.4 Å². The number of amides is 1. The zero-order valence-electron chi connectivity index (χ0n) is 19.9. The summed E-state index contributed by atoms with van der Waals surface area (Å²) >= 11 is 0. The van der Waals surface area contributed by atoms with Crippen molar-refractivity contribution < 1.29 is 9.53 Å². The van der Waals surface area contributed by atoms with Crippen molar-refractivity contribution in [3.63, 3.8) is 0 Å². The van der Waals surface area contributed by atoms with Gasteiger partial charge in [-0.25, -0.2) is 0 Å². The van der Waals surface area contributed by atoms with Crippen LogP contribution in [0.2, 0.25) is 0 Å². The number of hydrogen-bond acceptors (Lipinski definition) is 4. The zero-order valence-corrected chi connectivity index (χ0v) is 19.9. The van der Waals surface area contributed by atoms with E-state index in [1.807, 2.05) is 36.4 Å². The first-order valence-electron chi connectivity index (χ1n) is 12.0. The van der Waals surface area contributed by atoms with Crippen LogP contribution in [0.4, 0.5) is 0 Å². The van der Waals surface area contributed by atoms with Crippen LogP contribution in [0.25, 0.3) is 16.5 Å². The Morgan fingerprint density at radius 3 is 2.57 bits per heavy atom. The number of pyridine rings is 1. The molecule has 1 aliphatic heterocycles. The van der Waals surface area contributed by atoms with E-state index in [0.717, 1.165) is 32.5 Å². The van der Waals surface area contributed by atoms with Gasteiger partial charge in [-0.15, -0.1) is 0 Å². The molecule has 1 aromatic heterocycles. The molecule has 4 aromatic rings. The van der Waals surface area contributed by atoms with Crippen LogP contribution in [0.3, 0.4) is 0 Å². The molecule has 6 nitrogen and oxygen atoms in total. The smallest absolute Gasteiger partial charge is 0.262 e. The zero-order chi connectivity index (χ0) is 24.2. The van der Waals surface area contributed by atoms with Gasteiger partial charge in [0.25, 0.3) is 11.5 Å². The summed E-state index contributed by atoms with van der Waals surface area (Å²) in [5.74, 6) is 0.468. The summed E-state index contributed by atoms with van der Waals surface area (Å²) in [6.45, 7) is 3.50. The number of fused-ring (bicyclic) bond motifs is 2. The van der Waals surface area contributed by atoms with E-state index in [9.17, 15) is 9.59 Å². The summed E-state index contributed by atoms with van der Waals surface area (Å²) in [4.78, 5) is 28.9. The van der Waals surface area contributed by atoms with E-state index in [0.29, 0.717) is 34.3 Å². The summed E-state index contributed by atoms with van der Waals surface area (Å²) in [7, 11) is 1.59. The molecule has 1 amide bonds. The molecule has 1 N–H and O–H groups in total. The normalized spacial score (nSPS) is 13.4. The van der Waals surface area contributed by atoms with Gasteiger partial charge in [0, 0.05) is 49.2 Å². The van der Waals surface area contributed by atoms with Crippen LogP contribution in [-0.2, 0) is 13.0 Å². The van der Waals surface area contributed by atoms with E-state index < -0.39 is 0 Å². The number of hydrogen-bond donors (Lipinski definition) is 1. The summed E-state index contributed by atoms with van der Waals surface area (Å²) in [5.41, 5.74) is 3.80. The lowest BCUT2D eigenvalue weighted by atomic mass is 10.00. The highest BCUT2D eigenvalue weighted by molar-refractivity contribution is 6.06. The second kappa shape index (κ2) is 10.2. The highest BCUT2D eigenvalue weighted by Gasteiger charge is 2.17. The Hall–Kier alpha value is -3.90. The number of nitrogens with zero attached hydrogens (tertiary/aromatic N) is 2. The second-order valence-corrected chi connectivity index (χ2v) is 8.87. The molecule has 0 radical (unpaired) electrons. The Kier molecular flexibility index (Phi) is 6.64. The fourth-order valence-corrected chi connectivity index (χ4v) is 4.77. The van der Waals surface area contributed by atoms with Crippen molar-refractivity contribution in [2.24, 2.45) is 0 Å². The van der Waals surface area contributed by atoms with Crippen LogP contribution in [0.5, 0.6) is 5.75 Å². The number of aromatic nitrogens is 1. The molecule has 2 heterocycles. The first kappa shape index (κ1) is 22.9. The maximum absolute atomic E-state index is 13.2. The lowest BCUT2D eigenvalue weighted by Gasteiger charge is -2.28. The third kappa shape index (κ3) is 4.84. The lowest BCUT2D eigenvalue weighted by molar-refractivity contribution is 0.0952. The average Bonchev–Trinajstić information content (AvgIpc) is 2.91. The first-order valence-corrected chi connectivity index (χ1v) is 12.0. The van der Waals surface area contributed by atoms with Gasteiger partial charge in [-0.3, -0.25) is 19.1 Å². The van der Waals surface area contributed by atoms with Gasteiger partial charge in [0.2, 0.25) is 0 Å². The summed E-state index contributed by atoms with van der Waals surface area (Å²) in [6.07, 6.45) is 3.57. The van der Waals surface area contributed by atoms with Crippen molar-refractivity contribution in [1.29, 1.82) is 0 Å². The number of methoxy groups -OCH3 is 1. The molecule has 178 valence electrons. The molecule has 3 aromatic carbocycles. The number of carbonyl (C=O) groups excluding carboxylic acids is 1. The largest absolute Gasteiger partial charge is 0.497 e. The lowest BCUT2D eigenvalue weighted by Crippen LogP contribution is -2.34. The number of nitrogens with one attached hydrogen (secondary N) is 1. The van der Waals surface area contributed by atoms with E-state index in [4.69, 9.17) is 4.74 Å². The maximum atomic E-state index is 13.2. The molecule has 5 rings (SSSR count). The van der Waals surface area contributed by atoms with E-state index in [1.54, 1.807) is 25.4 Å². The molecule has 0 unspecified atom stereocenters. The molecule has 1 aliphatic rings. The SMILES string of the molecule is COc1cccc(-n2cc(C(=O)NCCCN3CCc4ccccc4C3)c3ccccc3c2=O)c1. The van der Waals surface area contributed by atoms with E-state index in [-0.39, 0.29) is 11.5 Å².